The lowest BCUT2D eigenvalue weighted by molar-refractivity contribution is 0.0955. The van der Waals surface area contributed by atoms with Crippen molar-refractivity contribution in [3.05, 3.63) is 29.8 Å². The summed E-state index contributed by atoms with van der Waals surface area (Å²) < 4.78 is 5.45. The maximum atomic E-state index is 11.8. The van der Waals surface area contributed by atoms with Gasteiger partial charge in [0, 0.05) is 5.56 Å². The van der Waals surface area contributed by atoms with E-state index in [4.69, 9.17) is 4.74 Å². The maximum absolute atomic E-state index is 11.8. The van der Waals surface area contributed by atoms with E-state index in [1.807, 2.05) is 19.1 Å². The van der Waals surface area contributed by atoms with E-state index in [1.54, 1.807) is 19.2 Å². The van der Waals surface area contributed by atoms with Gasteiger partial charge < -0.3 is 10.1 Å². The summed E-state index contributed by atoms with van der Waals surface area (Å²) in [6, 6.07) is 7.14. The van der Waals surface area contributed by atoms with Gasteiger partial charge in [0.1, 0.15) is 5.75 Å². The lowest BCUT2D eigenvalue weighted by atomic mass is 10.1. The summed E-state index contributed by atoms with van der Waals surface area (Å²) in [6.07, 6.45) is 0.984. The zero-order valence-electron chi connectivity index (χ0n) is 10.1. The van der Waals surface area contributed by atoms with Gasteiger partial charge in [-0.25, -0.2) is 0 Å². The van der Waals surface area contributed by atoms with Crippen LogP contribution in [0.25, 0.3) is 0 Å². The van der Waals surface area contributed by atoms with Crippen molar-refractivity contribution in [3.8, 4) is 5.75 Å². The second kappa shape index (κ2) is 6.28. The van der Waals surface area contributed by atoms with Crippen molar-refractivity contribution in [2.24, 2.45) is 0 Å². The fourth-order valence-electron chi connectivity index (χ4n) is 1.32. The van der Waals surface area contributed by atoms with E-state index in [1.165, 1.54) is 0 Å². The average Bonchev–Trinajstić information content (AvgIpc) is 2.35. The number of ketones is 1. The minimum Gasteiger partial charge on any atom is -0.494 e. The molecule has 0 heterocycles. The van der Waals surface area contributed by atoms with Crippen LogP contribution in [0.4, 0.5) is 0 Å². The summed E-state index contributed by atoms with van der Waals surface area (Å²) in [5, 5.41) is 2.93. The fraction of sp³-hybridized carbons (Fsp3) is 0.462. The number of hydrogen-bond acceptors (Lipinski definition) is 3. The molecule has 0 saturated heterocycles. The van der Waals surface area contributed by atoms with Crippen molar-refractivity contribution >= 4 is 5.78 Å². The first-order valence-electron chi connectivity index (χ1n) is 5.63. The van der Waals surface area contributed by atoms with Gasteiger partial charge >= 0.3 is 0 Å². The first-order valence-corrected chi connectivity index (χ1v) is 5.63. The van der Waals surface area contributed by atoms with Crippen molar-refractivity contribution in [1.82, 2.24) is 5.32 Å². The molecule has 1 unspecified atom stereocenters. The van der Waals surface area contributed by atoms with Crippen molar-refractivity contribution in [3.63, 3.8) is 0 Å². The van der Waals surface area contributed by atoms with Crippen LogP contribution < -0.4 is 10.1 Å². The number of Topliss-reactive ketones (excluding diaryl/α,β-unsaturated/α-hetero) is 1. The monoisotopic (exact) mass is 221 g/mol. The molecule has 1 aromatic rings. The molecule has 1 N–H and O–H groups in total. The van der Waals surface area contributed by atoms with E-state index < -0.39 is 0 Å². The average molecular weight is 221 g/mol. The van der Waals surface area contributed by atoms with Crippen LogP contribution in [0.1, 0.15) is 30.6 Å². The Hall–Kier alpha value is -1.35. The number of hydrogen-bond donors (Lipinski definition) is 1. The Morgan fingerprint density at radius 2 is 2.00 bits per heavy atom. The molecule has 0 aliphatic rings. The molecule has 88 valence electrons. The molecule has 0 bridgehead atoms. The summed E-state index contributed by atoms with van der Waals surface area (Å²) in [6.45, 7) is 4.62. The molecule has 0 saturated carbocycles. The number of carbonyl (C=O) groups is 1. The Bertz CT molecular complexity index is 332. The third-order valence-electron chi connectivity index (χ3n) is 2.44. The number of rotatable bonds is 6. The van der Waals surface area contributed by atoms with Gasteiger partial charge in [-0.3, -0.25) is 4.79 Å². The Morgan fingerprint density at radius 1 is 1.38 bits per heavy atom. The van der Waals surface area contributed by atoms with E-state index in [0.29, 0.717) is 12.2 Å². The standard InChI is InChI=1S/C13H19NO2/c1-4-9-16-12-7-5-11(6-8-12)13(15)10(2)14-3/h5-8,10,14H,4,9H2,1-3H3. The predicted octanol–water partition coefficient (Wildman–Crippen LogP) is 2.27. The van der Waals surface area contributed by atoms with Crippen molar-refractivity contribution in [1.29, 1.82) is 0 Å². The van der Waals surface area contributed by atoms with E-state index in [9.17, 15) is 4.79 Å². The largest absolute Gasteiger partial charge is 0.494 e. The van der Waals surface area contributed by atoms with Gasteiger partial charge in [0.05, 0.1) is 12.6 Å². The predicted molar refractivity (Wildman–Crippen MR) is 65.1 cm³/mol. The van der Waals surface area contributed by atoms with Gasteiger partial charge in [-0.2, -0.15) is 0 Å². The zero-order chi connectivity index (χ0) is 12.0. The number of benzene rings is 1. The van der Waals surface area contributed by atoms with Gasteiger partial charge in [-0.15, -0.1) is 0 Å². The molecular weight excluding hydrogens is 202 g/mol. The van der Waals surface area contributed by atoms with Gasteiger partial charge in [0.2, 0.25) is 0 Å². The third-order valence-corrected chi connectivity index (χ3v) is 2.44. The van der Waals surface area contributed by atoms with E-state index in [0.717, 1.165) is 12.2 Å². The summed E-state index contributed by atoms with van der Waals surface area (Å²) in [5.41, 5.74) is 0.714. The molecule has 0 aromatic heterocycles. The highest BCUT2D eigenvalue weighted by atomic mass is 16.5. The SMILES string of the molecule is CCCOc1ccc(C(=O)C(C)NC)cc1. The topological polar surface area (TPSA) is 38.3 Å². The van der Waals surface area contributed by atoms with Crippen LogP contribution in [0, 0.1) is 0 Å². The van der Waals surface area contributed by atoms with Crippen molar-refractivity contribution in [2.75, 3.05) is 13.7 Å². The van der Waals surface area contributed by atoms with Gasteiger partial charge in [0.15, 0.2) is 5.78 Å². The summed E-state index contributed by atoms with van der Waals surface area (Å²) in [5.74, 6) is 0.917. The molecule has 0 spiro atoms. The summed E-state index contributed by atoms with van der Waals surface area (Å²) in [7, 11) is 1.78. The molecule has 3 nitrogen and oxygen atoms in total. The second-order valence-corrected chi connectivity index (χ2v) is 3.75. The number of ether oxygens (including phenoxy) is 1. The summed E-state index contributed by atoms with van der Waals surface area (Å²) >= 11 is 0. The number of nitrogens with one attached hydrogen (secondary N) is 1. The van der Waals surface area contributed by atoms with Crippen LogP contribution >= 0.6 is 0 Å². The highest BCUT2D eigenvalue weighted by Crippen LogP contribution is 2.13. The highest BCUT2D eigenvalue weighted by Gasteiger charge is 2.12. The lowest BCUT2D eigenvalue weighted by Gasteiger charge is -2.09. The smallest absolute Gasteiger partial charge is 0.179 e. The minimum atomic E-state index is -0.151. The van der Waals surface area contributed by atoms with Crippen LogP contribution in [0.15, 0.2) is 24.3 Å². The molecule has 0 aliphatic heterocycles. The van der Waals surface area contributed by atoms with Gasteiger partial charge in [0.25, 0.3) is 0 Å². The first-order chi connectivity index (χ1) is 7.69. The minimum absolute atomic E-state index is 0.101. The molecule has 1 aromatic carbocycles. The van der Waals surface area contributed by atoms with E-state index >= 15 is 0 Å². The quantitative estimate of drug-likeness (QED) is 0.749. The Kier molecular flexibility index (Phi) is 4.99. The Balaban J connectivity index is 2.67. The number of likely N-dealkylation sites (N-methyl/N-ethyl adjacent to an activating group) is 1. The van der Waals surface area contributed by atoms with Crippen LogP contribution in [-0.2, 0) is 0 Å². The molecule has 1 atom stereocenters. The molecule has 0 fully saturated rings. The van der Waals surface area contributed by atoms with E-state index in [2.05, 4.69) is 12.2 Å². The molecule has 16 heavy (non-hydrogen) atoms. The van der Waals surface area contributed by atoms with Crippen molar-refractivity contribution in [2.45, 2.75) is 26.3 Å². The highest BCUT2D eigenvalue weighted by molar-refractivity contribution is 5.99. The third kappa shape index (κ3) is 3.35. The van der Waals surface area contributed by atoms with E-state index in [-0.39, 0.29) is 11.8 Å². The molecule has 1 rings (SSSR count). The number of carbonyl (C=O) groups excluding carboxylic acids is 1. The second-order valence-electron chi connectivity index (χ2n) is 3.75. The van der Waals surface area contributed by atoms with Crippen molar-refractivity contribution < 1.29 is 9.53 Å². The molecule has 3 heteroatoms. The van der Waals surface area contributed by atoms with Crippen LogP contribution in [0.3, 0.4) is 0 Å². The Labute approximate surface area is 96.8 Å². The molecular formula is C13H19NO2. The van der Waals surface area contributed by atoms with Gasteiger partial charge in [-0.1, -0.05) is 6.92 Å². The molecule has 0 amide bonds. The lowest BCUT2D eigenvalue weighted by Crippen LogP contribution is -2.30. The van der Waals surface area contributed by atoms with Crippen LogP contribution in [0.2, 0.25) is 0 Å². The first kappa shape index (κ1) is 12.7. The zero-order valence-corrected chi connectivity index (χ0v) is 10.1. The Morgan fingerprint density at radius 3 is 2.50 bits per heavy atom. The van der Waals surface area contributed by atoms with Gasteiger partial charge in [-0.05, 0) is 44.7 Å². The van der Waals surface area contributed by atoms with Crippen LogP contribution in [-0.4, -0.2) is 25.5 Å². The maximum Gasteiger partial charge on any atom is 0.179 e. The molecule has 0 radical (unpaired) electrons. The van der Waals surface area contributed by atoms with Crippen LogP contribution in [0.5, 0.6) is 5.75 Å². The molecule has 0 aliphatic carbocycles. The fourth-order valence-corrected chi connectivity index (χ4v) is 1.32. The normalized spacial score (nSPS) is 12.2. The summed E-state index contributed by atoms with van der Waals surface area (Å²) in [4.78, 5) is 11.8.